The van der Waals surface area contributed by atoms with E-state index in [0.717, 1.165) is 30.9 Å². The van der Waals surface area contributed by atoms with Gasteiger partial charge in [0.2, 0.25) is 5.78 Å². The molecule has 1 aromatic carbocycles. The molecule has 0 amide bonds. The fourth-order valence-corrected chi connectivity index (χ4v) is 3.33. The van der Waals surface area contributed by atoms with Crippen molar-refractivity contribution in [2.45, 2.75) is 13.0 Å². The van der Waals surface area contributed by atoms with Gasteiger partial charge in [0.1, 0.15) is 0 Å². The first-order valence-corrected chi connectivity index (χ1v) is 8.07. The van der Waals surface area contributed by atoms with Gasteiger partial charge in [-0.3, -0.25) is 4.79 Å². The van der Waals surface area contributed by atoms with Gasteiger partial charge in [0.05, 0.1) is 0 Å². The summed E-state index contributed by atoms with van der Waals surface area (Å²) in [5.41, 5.74) is 2.16. The molecule has 0 radical (unpaired) electrons. The predicted molar refractivity (Wildman–Crippen MR) is 86.3 cm³/mol. The summed E-state index contributed by atoms with van der Waals surface area (Å²) in [6.07, 6.45) is 1.000. The molecule has 6 heteroatoms. The molecular weight excluding hydrogens is 296 g/mol. The molecule has 1 aliphatic rings. The fraction of sp³-hybridized carbons (Fsp3) is 0.188. The summed E-state index contributed by atoms with van der Waals surface area (Å²) in [5, 5.41) is 13.4. The normalized spacial score (nSPS) is 13.5. The summed E-state index contributed by atoms with van der Waals surface area (Å²) in [6, 6.07) is 11.7. The van der Waals surface area contributed by atoms with Crippen molar-refractivity contribution in [3.63, 3.8) is 0 Å². The van der Waals surface area contributed by atoms with E-state index >= 15 is 0 Å². The van der Waals surface area contributed by atoms with Gasteiger partial charge >= 0.3 is 0 Å². The third-order valence-electron chi connectivity index (χ3n) is 3.74. The lowest BCUT2D eigenvalue weighted by atomic mass is 10.1. The third kappa shape index (κ3) is 2.21. The minimum atomic E-state index is -0.0895. The number of ketones is 1. The van der Waals surface area contributed by atoms with Gasteiger partial charge in [-0.05, 0) is 23.4 Å². The number of aromatic nitrogens is 3. The molecule has 4 rings (SSSR count). The number of anilines is 1. The number of carbonyl (C=O) groups excluding carboxylic acids is 1. The van der Waals surface area contributed by atoms with Crippen LogP contribution in [-0.4, -0.2) is 27.3 Å². The molecule has 22 heavy (non-hydrogen) atoms. The zero-order valence-electron chi connectivity index (χ0n) is 11.8. The Kier molecular flexibility index (Phi) is 3.23. The average molecular weight is 310 g/mol. The standard InChI is InChI=1S/C16H14N4OS/c21-15(14-16-17-8-2-9-20(16)19-18-14)12-6-4-11(5-7-12)13-3-1-10-22-13/h1,3-7,10,17H,2,8-9H2. The summed E-state index contributed by atoms with van der Waals surface area (Å²) in [6.45, 7) is 1.66. The summed E-state index contributed by atoms with van der Waals surface area (Å²) in [5.74, 6) is 0.645. The van der Waals surface area contributed by atoms with Crippen molar-refractivity contribution in [3.05, 3.63) is 53.0 Å². The number of hydrogen-bond acceptors (Lipinski definition) is 5. The van der Waals surface area contributed by atoms with E-state index in [1.54, 1.807) is 16.0 Å². The van der Waals surface area contributed by atoms with Crippen molar-refractivity contribution in [1.82, 2.24) is 15.0 Å². The number of benzene rings is 1. The number of carbonyl (C=O) groups is 1. The van der Waals surface area contributed by atoms with Crippen molar-refractivity contribution in [1.29, 1.82) is 0 Å². The van der Waals surface area contributed by atoms with E-state index in [4.69, 9.17) is 0 Å². The summed E-state index contributed by atoms with van der Waals surface area (Å²) in [7, 11) is 0. The van der Waals surface area contributed by atoms with E-state index in [2.05, 4.69) is 21.7 Å². The van der Waals surface area contributed by atoms with Gasteiger partial charge in [-0.2, -0.15) is 0 Å². The molecule has 0 bridgehead atoms. The fourth-order valence-electron chi connectivity index (χ4n) is 2.60. The molecule has 2 aromatic heterocycles. The maximum absolute atomic E-state index is 12.6. The molecule has 0 atom stereocenters. The van der Waals surface area contributed by atoms with Crippen LogP contribution in [0.2, 0.25) is 0 Å². The molecule has 3 heterocycles. The van der Waals surface area contributed by atoms with Crippen LogP contribution in [0, 0.1) is 0 Å². The Balaban J connectivity index is 1.64. The van der Waals surface area contributed by atoms with E-state index < -0.39 is 0 Å². The highest BCUT2D eigenvalue weighted by molar-refractivity contribution is 7.13. The molecule has 1 N–H and O–H groups in total. The van der Waals surface area contributed by atoms with Gasteiger partial charge in [-0.25, -0.2) is 4.68 Å². The molecule has 0 saturated carbocycles. The Morgan fingerprint density at radius 2 is 2.09 bits per heavy atom. The first kappa shape index (κ1) is 13.2. The quantitative estimate of drug-likeness (QED) is 0.755. The minimum absolute atomic E-state index is 0.0895. The van der Waals surface area contributed by atoms with E-state index in [-0.39, 0.29) is 5.78 Å². The van der Waals surface area contributed by atoms with Gasteiger partial charge in [-0.15, -0.1) is 16.4 Å². The van der Waals surface area contributed by atoms with Crippen molar-refractivity contribution >= 4 is 22.9 Å². The van der Waals surface area contributed by atoms with E-state index in [1.165, 1.54) is 4.88 Å². The van der Waals surface area contributed by atoms with Crippen LogP contribution in [0.3, 0.4) is 0 Å². The number of thiophene rings is 1. The summed E-state index contributed by atoms with van der Waals surface area (Å²) >= 11 is 1.69. The molecular formula is C16H14N4OS. The highest BCUT2D eigenvalue weighted by Crippen LogP contribution is 2.26. The number of fused-ring (bicyclic) bond motifs is 1. The van der Waals surface area contributed by atoms with Crippen molar-refractivity contribution in [2.75, 3.05) is 11.9 Å². The van der Waals surface area contributed by atoms with E-state index in [0.29, 0.717) is 11.3 Å². The van der Waals surface area contributed by atoms with Gasteiger partial charge in [0.25, 0.3) is 0 Å². The lowest BCUT2D eigenvalue weighted by Crippen LogP contribution is -2.19. The number of aryl methyl sites for hydroxylation is 1. The van der Waals surface area contributed by atoms with Gasteiger partial charge in [-0.1, -0.05) is 35.5 Å². The Morgan fingerprint density at radius 3 is 2.86 bits per heavy atom. The highest BCUT2D eigenvalue weighted by Gasteiger charge is 2.22. The van der Waals surface area contributed by atoms with Crippen LogP contribution in [0.25, 0.3) is 10.4 Å². The van der Waals surface area contributed by atoms with Crippen LogP contribution in [0.1, 0.15) is 22.5 Å². The molecule has 0 unspecified atom stereocenters. The first-order chi connectivity index (χ1) is 10.8. The number of nitrogens with zero attached hydrogens (tertiary/aromatic N) is 3. The zero-order chi connectivity index (χ0) is 14.9. The molecule has 3 aromatic rings. The smallest absolute Gasteiger partial charge is 0.217 e. The Labute approximate surface area is 131 Å². The Bertz CT molecular complexity index is 805. The van der Waals surface area contributed by atoms with Crippen LogP contribution in [0.5, 0.6) is 0 Å². The van der Waals surface area contributed by atoms with Crippen LogP contribution in [-0.2, 0) is 6.54 Å². The van der Waals surface area contributed by atoms with Gasteiger partial charge in [0.15, 0.2) is 11.5 Å². The molecule has 0 aliphatic carbocycles. The number of rotatable bonds is 3. The molecule has 0 spiro atoms. The zero-order valence-corrected chi connectivity index (χ0v) is 12.6. The summed E-state index contributed by atoms with van der Waals surface area (Å²) < 4.78 is 1.76. The minimum Gasteiger partial charge on any atom is -0.368 e. The lowest BCUT2D eigenvalue weighted by molar-refractivity contribution is 0.103. The Morgan fingerprint density at radius 1 is 1.23 bits per heavy atom. The molecule has 110 valence electrons. The van der Waals surface area contributed by atoms with Crippen LogP contribution < -0.4 is 5.32 Å². The van der Waals surface area contributed by atoms with E-state index in [1.807, 2.05) is 35.7 Å². The van der Waals surface area contributed by atoms with Crippen LogP contribution >= 0.6 is 11.3 Å². The molecule has 1 aliphatic heterocycles. The lowest BCUT2D eigenvalue weighted by Gasteiger charge is -2.15. The van der Waals surface area contributed by atoms with E-state index in [9.17, 15) is 4.79 Å². The van der Waals surface area contributed by atoms with Gasteiger partial charge < -0.3 is 5.32 Å². The number of nitrogens with one attached hydrogen (secondary N) is 1. The maximum atomic E-state index is 12.6. The third-order valence-corrected chi connectivity index (χ3v) is 4.66. The van der Waals surface area contributed by atoms with Crippen LogP contribution in [0.15, 0.2) is 41.8 Å². The SMILES string of the molecule is O=C(c1ccc(-c2cccs2)cc1)c1nnn2c1NCCC2. The second-order valence-corrected chi connectivity index (χ2v) is 6.12. The highest BCUT2D eigenvalue weighted by atomic mass is 32.1. The van der Waals surface area contributed by atoms with Gasteiger partial charge in [0, 0.05) is 23.5 Å². The number of hydrogen-bond donors (Lipinski definition) is 1. The second kappa shape index (κ2) is 5.38. The first-order valence-electron chi connectivity index (χ1n) is 7.19. The largest absolute Gasteiger partial charge is 0.368 e. The Hall–Kier alpha value is -2.47. The summed E-state index contributed by atoms with van der Waals surface area (Å²) in [4.78, 5) is 13.8. The van der Waals surface area contributed by atoms with Crippen molar-refractivity contribution in [2.24, 2.45) is 0 Å². The molecule has 0 saturated heterocycles. The predicted octanol–water partition coefficient (Wildman–Crippen LogP) is 3.05. The molecule has 0 fully saturated rings. The maximum Gasteiger partial charge on any atom is 0.217 e. The van der Waals surface area contributed by atoms with Crippen LogP contribution in [0.4, 0.5) is 5.82 Å². The second-order valence-electron chi connectivity index (χ2n) is 5.17. The van der Waals surface area contributed by atoms with Crippen molar-refractivity contribution < 1.29 is 4.79 Å². The topological polar surface area (TPSA) is 59.8 Å². The van der Waals surface area contributed by atoms with Crippen molar-refractivity contribution in [3.8, 4) is 10.4 Å². The molecule has 5 nitrogen and oxygen atoms in total. The average Bonchev–Trinajstić information content (AvgIpc) is 3.24. The monoisotopic (exact) mass is 310 g/mol.